The van der Waals surface area contributed by atoms with Crippen LogP contribution in [0.4, 0.5) is 5.69 Å². The number of carbonyl (C=O) groups excluding carboxylic acids is 1. The molecule has 0 aliphatic heterocycles. The van der Waals surface area contributed by atoms with Crippen LogP contribution < -0.4 is 10.6 Å². The van der Waals surface area contributed by atoms with E-state index < -0.39 is 0 Å². The maximum absolute atomic E-state index is 11.8. The molecule has 1 aliphatic carbocycles. The first-order chi connectivity index (χ1) is 9.28. The van der Waals surface area contributed by atoms with Crippen molar-refractivity contribution in [2.75, 3.05) is 12.4 Å². The number of amides is 1. The third-order valence-electron chi connectivity index (χ3n) is 2.97. The second-order valence-electron chi connectivity index (χ2n) is 4.47. The molecule has 19 heavy (non-hydrogen) atoms. The van der Waals surface area contributed by atoms with Crippen LogP contribution in [-0.4, -0.2) is 29.1 Å². The molecule has 1 aliphatic rings. The molecular formula is C13H14N4O2. The summed E-state index contributed by atoms with van der Waals surface area (Å²) >= 11 is 0. The number of nitrogens with zero attached hydrogens (tertiary/aromatic N) is 2. The van der Waals surface area contributed by atoms with Crippen LogP contribution in [0.1, 0.15) is 23.5 Å². The van der Waals surface area contributed by atoms with Gasteiger partial charge in [-0.25, -0.2) is 0 Å². The fraction of sp³-hybridized carbons (Fsp3) is 0.308. The fourth-order valence-corrected chi connectivity index (χ4v) is 1.79. The van der Waals surface area contributed by atoms with Gasteiger partial charge in [-0.05, 0) is 25.0 Å². The van der Waals surface area contributed by atoms with Crippen molar-refractivity contribution in [3.05, 3.63) is 30.1 Å². The Morgan fingerprint density at radius 1 is 1.37 bits per heavy atom. The Hall–Kier alpha value is -2.37. The highest BCUT2D eigenvalue weighted by Gasteiger charge is 2.26. The van der Waals surface area contributed by atoms with Crippen LogP contribution >= 0.6 is 0 Å². The van der Waals surface area contributed by atoms with E-state index in [1.54, 1.807) is 0 Å². The molecule has 6 heteroatoms. The van der Waals surface area contributed by atoms with E-state index in [1.165, 1.54) is 0 Å². The SMILES string of the molecule is CNc1ccccc1-c1nc(C(=O)NC2CC2)no1. The van der Waals surface area contributed by atoms with Crippen molar-refractivity contribution in [3.8, 4) is 11.5 Å². The molecule has 2 aromatic rings. The van der Waals surface area contributed by atoms with E-state index in [2.05, 4.69) is 20.8 Å². The Bertz CT molecular complexity index is 604. The number of para-hydroxylation sites is 1. The molecule has 1 heterocycles. The molecule has 1 aromatic carbocycles. The number of nitrogens with one attached hydrogen (secondary N) is 2. The molecule has 1 amide bonds. The molecule has 2 N–H and O–H groups in total. The molecule has 0 unspecified atom stereocenters. The first-order valence-electron chi connectivity index (χ1n) is 6.19. The summed E-state index contributed by atoms with van der Waals surface area (Å²) in [5, 5.41) is 9.59. The number of anilines is 1. The molecule has 3 rings (SSSR count). The highest BCUT2D eigenvalue weighted by Crippen LogP contribution is 2.26. The summed E-state index contributed by atoms with van der Waals surface area (Å²) in [5.41, 5.74) is 1.66. The van der Waals surface area contributed by atoms with Crippen LogP contribution in [0.25, 0.3) is 11.5 Å². The monoisotopic (exact) mass is 258 g/mol. The van der Waals surface area contributed by atoms with Crippen molar-refractivity contribution in [2.24, 2.45) is 0 Å². The van der Waals surface area contributed by atoms with Gasteiger partial charge >= 0.3 is 0 Å². The smallest absolute Gasteiger partial charge is 0.292 e. The molecule has 98 valence electrons. The van der Waals surface area contributed by atoms with Gasteiger partial charge in [-0.15, -0.1) is 0 Å². The average Bonchev–Trinajstić information content (AvgIpc) is 3.11. The molecular weight excluding hydrogens is 244 g/mol. The van der Waals surface area contributed by atoms with Gasteiger partial charge in [-0.3, -0.25) is 4.79 Å². The van der Waals surface area contributed by atoms with Gasteiger partial charge in [0, 0.05) is 18.8 Å². The molecule has 1 fully saturated rings. The third-order valence-corrected chi connectivity index (χ3v) is 2.97. The summed E-state index contributed by atoms with van der Waals surface area (Å²) in [6, 6.07) is 7.83. The van der Waals surface area contributed by atoms with E-state index in [0.717, 1.165) is 24.1 Å². The summed E-state index contributed by atoms with van der Waals surface area (Å²) in [7, 11) is 1.82. The zero-order valence-corrected chi connectivity index (χ0v) is 10.5. The summed E-state index contributed by atoms with van der Waals surface area (Å²) in [6.45, 7) is 0. The van der Waals surface area contributed by atoms with Gasteiger partial charge in [0.15, 0.2) is 0 Å². The van der Waals surface area contributed by atoms with Gasteiger partial charge in [0.2, 0.25) is 0 Å². The molecule has 0 spiro atoms. The van der Waals surface area contributed by atoms with Gasteiger partial charge < -0.3 is 15.2 Å². The highest BCUT2D eigenvalue weighted by molar-refractivity contribution is 5.91. The van der Waals surface area contributed by atoms with Crippen molar-refractivity contribution < 1.29 is 9.32 Å². The Labute approximate surface area is 110 Å². The Balaban J connectivity index is 1.85. The number of carbonyl (C=O) groups is 1. The second-order valence-corrected chi connectivity index (χ2v) is 4.47. The Kier molecular flexibility index (Phi) is 2.91. The molecule has 0 radical (unpaired) electrons. The Morgan fingerprint density at radius 3 is 2.89 bits per heavy atom. The second kappa shape index (κ2) is 4.72. The van der Waals surface area contributed by atoms with Crippen molar-refractivity contribution >= 4 is 11.6 Å². The predicted molar refractivity (Wildman–Crippen MR) is 69.8 cm³/mol. The van der Waals surface area contributed by atoms with Crippen LogP contribution in [0.2, 0.25) is 0 Å². The van der Waals surface area contributed by atoms with E-state index in [1.807, 2.05) is 31.3 Å². The van der Waals surface area contributed by atoms with E-state index in [4.69, 9.17) is 4.52 Å². The maximum Gasteiger partial charge on any atom is 0.292 e. The molecule has 0 bridgehead atoms. The van der Waals surface area contributed by atoms with Gasteiger partial charge in [0.05, 0.1) is 5.56 Å². The van der Waals surface area contributed by atoms with Crippen LogP contribution in [0, 0.1) is 0 Å². The standard InChI is InChI=1S/C13H14N4O2/c1-14-10-5-3-2-4-9(10)13-16-11(17-19-13)12(18)15-8-6-7-8/h2-5,8,14H,6-7H2,1H3,(H,15,18). The Morgan fingerprint density at radius 2 is 2.16 bits per heavy atom. The van der Waals surface area contributed by atoms with E-state index in [-0.39, 0.29) is 17.8 Å². The molecule has 1 aromatic heterocycles. The summed E-state index contributed by atoms with van der Waals surface area (Å²) in [4.78, 5) is 15.9. The lowest BCUT2D eigenvalue weighted by Crippen LogP contribution is -2.26. The minimum atomic E-state index is -0.278. The lowest BCUT2D eigenvalue weighted by molar-refractivity contribution is 0.0937. The fourth-order valence-electron chi connectivity index (χ4n) is 1.79. The normalized spacial score (nSPS) is 14.2. The van der Waals surface area contributed by atoms with Crippen molar-refractivity contribution in [3.63, 3.8) is 0 Å². The number of hydrogen-bond acceptors (Lipinski definition) is 5. The van der Waals surface area contributed by atoms with Crippen molar-refractivity contribution in [1.29, 1.82) is 0 Å². The van der Waals surface area contributed by atoms with Crippen molar-refractivity contribution in [2.45, 2.75) is 18.9 Å². The first kappa shape index (κ1) is 11.7. The molecule has 0 atom stereocenters. The van der Waals surface area contributed by atoms with Crippen LogP contribution in [-0.2, 0) is 0 Å². The zero-order valence-electron chi connectivity index (χ0n) is 10.5. The lowest BCUT2D eigenvalue weighted by Gasteiger charge is -2.03. The third kappa shape index (κ3) is 2.42. The zero-order chi connectivity index (χ0) is 13.2. The molecule has 0 saturated heterocycles. The number of hydrogen-bond donors (Lipinski definition) is 2. The van der Waals surface area contributed by atoms with Crippen LogP contribution in [0.5, 0.6) is 0 Å². The van der Waals surface area contributed by atoms with Crippen LogP contribution in [0.3, 0.4) is 0 Å². The van der Waals surface area contributed by atoms with Gasteiger partial charge in [-0.1, -0.05) is 17.3 Å². The predicted octanol–water partition coefficient (Wildman–Crippen LogP) is 1.67. The molecule has 1 saturated carbocycles. The van der Waals surface area contributed by atoms with E-state index in [9.17, 15) is 4.79 Å². The van der Waals surface area contributed by atoms with Gasteiger partial charge in [0.1, 0.15) is 0 Å². The summed E-state index contributed by atoms with van der Waals surface area (Å²) < 4.78 is 5.15. The van der Waals surface area contributed by atoms with Crippen molar-refractivity contribution in [1.82, 2.24) is 15.5 Å². The minimum absolute atomic E-state index is 0.0767. The lowest BCUT2D eigenvalue weighted by atomic mass is 10.2. The van der Waals surface area contributed by atoms with E-state index in [0.29, 0.717) is 5.89 Å². The number of aromatic nitrogens is 2. The van der Waals surface area contributed by atoms with Crippen LogP contribution in [0.15, 0.2) is 28.8 Å². The molecule has 6 nitrogen and oxygen atoms in total. The first-order valence-corrected chi connectivity index (χ1v) is 6.19. The maximum atomic E-state index is 11.8. The summed E-state index contributed by atoms with van der Waals surface area (Å²) in [6.07, 6.45) is 2.05. The largest absolute Gasteiger partial charge is 0.387 e. The van der Waals surface area contributed by atoms with Gasteiger partial charge in [-0.2, -0.15) is 4.98 Å². The summed E-state index contributed by atoms with van der Waals surface area (Å²) in [5.74, 6) is 0.137. The topological polar surface area (TPSA) is 80.0 Å². The minimum Gasteiger partial charge on any atom is -0.387 e. The quantitative estimate of drug-likeness (QED) is 0.872. The highest BCUT2D eigenvalue weighted by atomic mass is 16.5. The number of rotatable bonds is 4. The van der Waals surface area contributed by atoms with E-state index >= 15 is 0 Å². The average molecular weight is 258 g/mol. The van der Waals surface area contributed by atoms with Gasteiger partial charge in [0.25, 0.3) is 17.6 Å². The number of benzene rings is 1.